The molecule has 0 bridgehead atoms. The number of pyridine rings is 1. The summed E-state index contributed by atoms with van der Waals surface area (Å²) in [7, 11) is 0. The van der Waals surface area contributed by atoms with Gasteiger partial charge in [0.1, 0.15) is 17.2 Å². The molecule has 0 fully saturated rings. The lowest BCUT2D eigenvalue weighted by molar-refractivity contribution is 0.0997. The summed E-state index contributed by atoms with van der Waals surface area (Å²) < 4.78 is 6.74. The highest BCUT2D eigenvalue weighted by atomic mass is 79.9. The van der Waals surface area contributed by atoms with Gasteiger partial charge in [-0.2, -0.15) is 0 Å². The van der Waals surface area contributed by atoms with Crippen molar-refractivity contribution < 1.29 is 9.84 Å². The van der Waals surface area contributed by atoms with Crippen LogP contribution in [0.3, 0.4) is 0 Å². The Kier molecular flexibility index (Phi) is 4.03. The van der Waals surface area contributed by atoms with Gasteiger partial charge < -0.3 is 9.84 Å². The molecule has 0 unspecified atom stereocenters. The van der Waals surface area contributed by atoms with Crippen LogP contribution in [-0.4, -0.2) is 30.0 Å². The first-order valence-corrected chi connectivity index (χ1v) is 7.71. The van der Waals surface area contributed by atoms with Crippen LogP contribution in [0.25, 0.3) is 10.9 Å². The van der Waals surface area contributed by atoms with Crippen LogP contribution in [0, 0.1) is 0 Å². The fraction of sp³-hybridized carbons (Fsp3) is 0.214. The highest BCUT2D eigenvalue weighted by Crippen LogP contribution is 2.36. The highest BCUT2D eigenvalue weighted by molar-refractivity contribution is 9.10. The summed E-state index contributed by atoms with van der Waals surface area (Å²) in [5.74, 6) is 0.529. The van der Waals surface area contributed by atoms with Gasteiger partial charge in [0.15, 0.2) is 22.3 Å². The standard InChI is InChI=1S/C14H11BrClN5O2/c1-14(2,13-18-3-7(15)4-19-13)23-8-5-17-11(16)10-9(8)12(22)21-6-20-10/h3-6H,1-2H3,(H,20,21,22). The Morgan fingerprint density at radius 2 is 1.78 bits per heavy atom. The average molecular weight is 397 g/mol. The van der Waals surface area contributed by atoms with Crippen molar-refractivity contribution in [3.8, 4) is 11.6 Å². The lowest BCUT2D eigenvalue weighted by atomic mass is 10.1. The zero-order valence-electron chi connectivity index (χ0n) is 12.2. The Morgan fingerprint density at radius 3 is 2.48 bits per heavy atom. The Balaban J connectivity index is 2.07. The van der Waals surface area contributed by atoms with Crippen molar-refractivity contribution in [1.82, 2.24) is 24.9 Å². The number of ether oxygens (including phenoxy) is 1. The van der Waals surface area contributed by atoms with Crippen LogP contribution in [0.15, 0.2) is 29.4 Å². The summed E-state index contributed by atoms with van der Waals surface area (Å²) in [5, 5.41) is 10.5. The molecule has 3 aromatic heterocycles. The van der Waals surface area contributed by atoms with Crippen LogP contribution in [0.1, 0.15) is 19.7 Å². The second-order valence-corrected chi connectivity index (χ2v) is 6.45. The van der Waals surface area contributed by atoms with Crippen LogP contribution in [0.2, 0.25) is 5.15 Å². The minimum absolute atomic E-state index is 0.155. The maximum atomic E-state index is 10.0. The maximum Gasteiger partial charge on any atom is 0.225 e. The predicted octanol–water partition coefficient (Wildman–Crippen LogP) is 3.25. The minimum Gasteiger partial charge on any atom is -0.493 e. The molecule has 0 radical (unpaired) electrons. The molecule has 0 aliphatic heterocycles. The topological polar surface area (TPSA) is 93.9 Å². The molecule has 9 heteroatoms. The van der Waals surface area contributed by atoms with Crippen LogP contribution in [0.5, 0.6) is 11.6 Å². The molecule has 0 aliphatic carbocycles. The van der Waals surface area contributed by atoms with Gasteiger partial charge in [-0.1, -0.05) is 11.6 Å². The molecule has 1 N–H and O–H groups in total. The molecule has 0 saturated heterocycles. The molecule has 3 rings (SSSR count). The van der Waals surface area contributed by atoms with E-state index in [1.165, 1.54) is 12.5 Å². The summed E-state index contributed by atoms with van der Waals surface area (Å²) in [5.41, 5.74) is -0.560. The molecule has 118 valence electrons. The van der Waals surface area contributed by atoms with E-state index in [1.807, 2.05) is 0 Å². The molecule has 3 aromatic rings. The Hall–Kier alpha value is -2.06. The van der Waals surface area contributed by atoms with Crippen molar-refractivity contribution >= 4 is 38.4 Å². The average Bonchev–Trinajstić information content (AvgIpc) is 2.51. The predicted molar refractivity (Wildman–Crippen MR) is 87.4 cm³/mol. The fourth-order valence-corrected chi connectivity index (χ4v) is 2.42. The number of hydrogen-bond donors (Lipinski definition) is 1. The van der Waals surface area contributed by atoms with E-state index in [-0.39, 0.29) is 16.4 Å². The summed E-state index contributed by atoms with van der Waals surface area (Å²) in [4.78, 5) is 20.3. The zero-order valence-corrected chi connectivity index (χ0v) is 14.5. The van der Waals surface area contributed by atoms with Gasteiger partial charge in [0, 0.05) is 12.4 Å². The van der Waals surface area contributed by atoms with Gasteiger partial charge in [0.05, 0.1) is 10.7 Å². The molecule has 0 spiro atoms. The van der Waals surface area contributed by atoms with Crippen molar-refractivity contribution in [2.45, 2.75) is 19.4 Å². The first-order chi connectivity index (χ1) is 10.9. The number of aromatic hydroxyl groups is 1. The maximum absolute atomic E-state index is 10.0. The van der Waals surface area contributed by atoms with Gasteiger partial charge in [0.25, 0.3) is 0 Å². The first-order valence-electron chi connectivity index (χ1n) is 6.53. The third-order valence-electron chi connectivity index (χ3n) is 3.09. The van der Waals surface area contributed by atoms with Crippen LogP contribution < -0.4 is 4.74 Å². The summed E-state index contributed by atoms with van der Waals surface area (Å²) in [6.07, 6.45) is 5.88. The lowest BCUT2D eigenvalue weighted by Gasteiger charge is -2.25. The van der Waals surface area contributed by atoms with Gasteiger partial charge in [-0.15, -0.1) is 0 Å². The van der Waals surface area contributed by atoms with Crippen LogP contribution in [0.4, 0.5) is 0 Å². The molecule has 3 heterocycles. The number of rotatable bonds is 3. The molecule has 7 nitrogen and oxygen atoms in total. The minimum atomic E-state index is -0.870. The zero-order chi connectivity index (χ0) is 16.6. The normalized spacial score (nSPS) is 11.7. The van der Waals surface area contributed by atoms with E-state index in [0.29, 0.717) is 17.1 Å². The molecule has 0 aromatic carbocycles. The third kappa shape index (κ3) is 3.04. The van der Waals surface area contributed by atoms with E-state index in [1.54, 1.807) is 26.2 Å². The molecule has 0 saturated carbocycles. The van der Waals surface area contributed by atoms with E-state index in [0.717, 1.165) is 4.47 Å². The molecule has 0 amide bonds. The smallest absolute Gasteiger partial charge is 0.225 e. The van der Waals surface area contributed by atoms with Crippen molar-refractivity contribution in [3.05, 3.63) is 40.4 Å². The Bertz CT molecular complexity index is 873. The molecular formula is C14H11BrClN5O2. The third-order valence-corrected chi connectivity index (χ3v) is 3.77. The van der Waals surface area contributed by atoms with E-state index in [2.05, 4.69) is 40.8 Å². The van der Waals surface area contributed by atoms with Crippen LogP contribution in [-0.2, 0) is 5.60 Å². The number of hydrogen-bond acceptors (Lipinski definition) is 7. The quantitative estimate of drug-likeness (QED) is 0.679. The summed E-state index contributed by atoms with van der Waals surface area (Å²) in [6.45, 7) is 3.61. The van der Waals surface area contributed by atoms with Crippen molar-refractivity contribution in [2.75, 3.05) is 0 Å². The van der Waals surface area contributed by atoms with Gasteiger partial charge in [-0.05, 0) is 29.8 Å². The first kappa shape index (κ1) is 15.8. The van der Waals surface area contributed by atoms with Gasteiger partial charge >= 0.3 is 0 Å². The second-order valence-electron chi connectivity index (χ2n) is 5.17. The molecular weight excluding hydrogens is 386 g/mol. The van der Waals surface area contributed by atoms with Crippen molar-refractivity contribution in [1.29, 1.82) is 0 Å². The SMILES string of the molecule is CC(C)(Oc1cnc(Cl)c2ncnc(O)c12)c1ncc(Br)cn1. The molecule has 0 atom stereocenters. The van der Waals surface area contributed by atoms with Gasteiger partial charge in [0.2, 0.25) is 5.88 Å². The highest BCUT2D eigenvalue weighted by Gasteiger charge is 2.28. The monoisotopic (exact) mass is 395 g/mol. The molecule has 0 aliphatic rings. The van der Waals surface area contributed by atoms with E-state index in [9.17, 15) is 5.11 Å². The summed E-state index contributed by atoms with van der Waals surface area (Å²) >= 11 is 9.30. The summed E-state index contributed by atoms with van der Waals surface area (Å²) in [6, 6.07) is 0. The second kappa shape index (κ2) is 5.86. The Labute approximate surface area is 144 Å². The largest absolute Gasteiger partial charge is 0.493 e. The van der Waals surface area contributed by atoms with E-state index < -0.39 is 5.60 Å². The molecule has 23 heavy (non-hydrogen) atoms. The van der Waals surface area contributed by atoms with Crippen molar-refractivity contribution in [3.63, 3.8) is 0 Å². The van der Waals surface area contributed by atoms with Gasteiger partial charge in [-0.3, -0.25) is 0 Å². The van der Waals surface area contributed by atoms with E-state index >= 15 is 0 Å². The Morgan fingerprint density at radius 1 is 1.09 bits per heavy atom. The number of nitrogens with zero attached hydrogens (tertiary/aromatic N) is 5. The number of aromatic nitrogens is 5. The van der Waals surface area contributed by atoms with E-state index in [4.69, 9.17) is 16.3 Å². The van der Waals surface area contributed by atoms with Crippen LogP contribution >= 0.6 is 27.5 Å². The van der Waals surface area contributed by atoms with Crippen molar-refractivity contribution in [2.24, 2.45) is 0 Å². The van der Waals surface area contributed by atoms with Gasteiger partial charge in [-0.25, -0.2) is 24.9 Å². The lowest BCUT2D eigenvalue weighted by Crippen LogP contribution is -2.28. The number of halogens is 2. The number of fused-ring (bicyclic) bond motifs is 1. The fourth-order valence-electron chi connectivity index (χ4n) is 2.02.